The van der Waals surface area contributed by atoms with Crippen molar-refractivity contribution in [3.8, 4) is 0 Å². The number of hydrogen-bond donors (Lipinski definition) is 3. The van der Waals surface area contributed by atoms with Gasteiger partial charge in [0.25, 0.3) is 0 Å². The number of carbonyl (C=O) groups excluding carboxylic acids is 1. The number of carboxylic acid groups (broad SMARTS) is 1. The maximum Gasteiger partial charge on any atom is 0.353 e. The van der Waals surface area contributed by atoms with E-state index in [1.165, 1.54) is 6.20 Å². The van der Waals surface area contributed by atoms with E-state index in [9.17, 15) is 9.59 Å². The minimum Gasteiger partial charge on any atom is -0.477 e. The topological polar surface area (TPSA) is 95.1 Å². The van der Waals surface area contributed by atoms with E-state index in [0.29, 0.717) is 12.2 Å². The van der Waals surface area contributed by atoms with Crippen molar-refractivity contribution in [2.75, 3.05) is 0 Å². The van der Waals surface area contributed by atoms with Crippen LogP contribution in [0.25, 0.3) is 0 Å². The quantitative estimate of drug-likeness (QED) is 0.728. The molecule has 0 aliphatic heterocycles. The van der Waals surface area contributed by atoms with Crippen molar-refractivity contribution in [3.63, 3.8) is 0 Å². The number of aromatic nitrogens is 2. The van der Waals surface area contributed by atoms with Gasteiger partial charge in [-0.25, -0.2) is 9.78 Å². The van der Waals surface area contributed by atoms with Crippen molar-refractivity contribution in [3.05, 3.63) is 17.7 Å². The Morgan fingerprint density at radius 1 is 1.59 bits per heavy atom. The Kier molecular flexibility index (Phi) is 2.87. The van der Waals surface area contributed by atoms with Gasteiger partial charge >= 0.3 is 5.97 Å². The minimum absolute atomic E-state index is 0.0435. The number of H-pyrrole nitrogens is 1. The van der Waals surface area contributed by atoms with E-state index in [-0.39, 0.29) is 11.6 Å². The van der Waals surface area contributed by atoms with Gasteiger partial charge in [-0.2, -0.15) is 0 Å². The van der Waals surface area contributed by atoms with Gasteiger partial charge < -0.3 is 15.4 Å². The Morgan fingerprint density at radius 3 is 2.71 bits per heavy atom. The van der Waals surface area contributed by atoms with E-state index in [2.05, 4.69) is 15.3 Å². The Labute approximate surface area is 98.4 Å². The molecule has 0 spiro atoms. The second-order valence-corrected chi connectivity index (χ2v) is 4.29. The molecule has 0 bridgehead atoms. The standard InChI is InChI=1S/C11H15N3O3/c1-2-8(15)14-11(4-3-5-11)10-12-6-7(13-10)9(16)17/h6H,2-5H2,1H3,(H,12,13)(H,14,15)(H,16,17). The molecule has 1 aromatic rings. The Balaban J connectivity index is 2.22. The zero-order valence-electron chi connectivity index (χ0n) is 9.62. The van der Waals surface area contributed by atoms with Crippen LogP contribution in [0.5, 0.6) is 0 Å². The summed E-state index contributed by atoms with van der Waals surface area (Å²) in [6, 6.07) is 0. The molecule has 1 aliphatic carbocycles. The van der Waals surface area contributed by atoms with E-state index in [4.69, 9.17) is 5.11 Å². The monoisotopic (exact) mass is 237 g/mol. The predicted octanol–water partition coefficient (Wildman–Crippen LogP) is 1.01. The fraction of sp³-hybridized carbons (Fsp3) is 0.545. The van der Waals surface area contributed by atoms with E-state index in [0.717, 1.165) is 19.3 Å². The van der Waals surface area contributed by atoms with Crippen LogP contribution in [0.1, 0.15) is 48.9 Å². The SMILES string of the molecule is CCC(=O)NC1(c2ncc(C(=O)O)[nH]2)CCC1. The van der Waals surface area contributed by atoms with E-state index < -0.39 is 11.5 Å². The van der Waals surface area contributed by atoms with Gasteiger partial charge in [-0.15, -0.1) is 0 Å². The predicted molar refractivity (Wildman–Crippen MR) is 59.5 cm³/mol. The largest absolute Gasteiger partial charge is 0.477 e. The Morgan fingerprint density at radius 2 is 2.29 bits per heavy atom. The first-order valence-electron chi connectivity index (χ1n) is 5.67. The molecule has 1 amide bonds. The lowest BCUT2D eigenvalue weighted by atomic mass is 9.76. The van der Waals surface area contributed by atoms with Crippen LogP contribution in [0.2, 0.25) is 0 Å². The van der Waals surface area contributed by atoms with E-state index in [1.54, 1.807) is 6.92 Å². The summed E-state index contributed by atoms with van der Waals surface area (Å²) >= 11 is 0. The Bertz CT molecular complexity index is 449. The molecular weight excluding hydrogens is 222 g/mol. The smallest absolute Gasteiger partial charge is 0.353 e. The number of imidazole rings is 1. The number of carboxylic acids is 1. The number of hydrogen-bond acceptors (Lipinski definition) is 3. The average Bonchev–Trinajstić information content (AvgIpc) is 2.72. The van der Waals surface area contributed by atoms with Crippen molar-refractivity contribution in [1.29, 1.82) is 0 Å². The van der Waals surface area contributed by atoms with Crippen molar-refractivity contribution >= 4 is 11.9 Å². The number of nitrogens with zero attached hydrogens (tertiary/aromatic N) is 1. The van der Waals surface area contributed by atoms with Crippen LogP contribution >= 0.6 is 0 Å². The van der Waals surface area contributed by atoms with Crippen LogP contribution in [0.15, 0.2) is 6.20 Å². The highest BCUT2D eigenvalue weighted by molar-refractivity contribution is 5.85. The maximum absolute atomic E-state index is 11.5. The third kappa shape index (κ3) is 2.02. The first-order chi connectivity index (χ1) is 8.07. The summed E-state index contributed by atoms with van der Waals surface area (Å²) < 4.78 is 0. The molecule has 2 rings (SSSR count). The molecule has 1 fully saturated rings. The number of aromatic carboxylic acids is 1. The van der Waals surface area contributed by atoms with Crippen LogP contribution in [-0.4, -0.2) is 27.0 Å². The van der Waals surface area contributed by atoms with Crippen molar-refractivity contribution in [2.45, 2.75) is 38.1 Å². The molecule has 6 nitrogen and oxygen atoms in total. The van der Waals surface area contributed by atoms with Crippen molar-refractivity contribution in [2.24, 2.45) is 0 Å². The Hall–Kier alpha value is -1.85. The molecule has 0 saturated heterocycles. The second-order valence-electron chi connectivity index (χ2n) is 4.29. The highest BCUT2D eigenvalue weighted by Gasteiger charge is 2.42. The van der Waals surface area contributed by atoms with E-state index in [1.807, 2.05) is 0 Å². The van der Waals surface area contributed by atoms with Crippen molar-refractivity contribution < 1.29 is 14.7 Å². The lowest BCUT2D eigenvalue weighted by Crippen LogP contribution is -2.51. The van der Waals surface area contributed by atoms with Gasteiger partial charge in [0.2, 0.25) is 5.91 Å². The molecule has 0 aromatic carbocycles. The van der Waals surface area contributed by atoms with Gasteiger partial charge in [-0.05, 0) is 19.3 Å². The van der Waals surface area contributed by atoms with Gasteiger partial charge in [0.1, 0.15) is 11.5 Å². The third-order valence-corrected chi connectivity index (χ3v) is 3.17. The average molecular weight is 237 g/mol. The molecule has 0 radical (unpaired) electrons. The van der Waals surface area contributed by atoms with Gasteiger partial charge in [0, 0.05) is 6.42 Å². The van der Waals surface area contributed by atoms with Crippen LogP contribution in [-0.2, 0) is 10.3 Å². The number of nitrogens with one attached hydrogen (secondary N) is 2. The summed E-state index contributed by atoms with van der Waals surface area (Å²) in [5, 5.41) is 11.7. The van der Waals surface area contributed by atoms with Gasteiger partial charge in [-0.1, -0.05) is 6.92 Å². The highest BCUT2D eigenvalue weighted by atomic mass is 16.4. The molecule has 17 heavy (non-hydrogen) atoms. The molecule has 92 valence electrons. The van der Waals surface area contributed by atoms with Crippen LogP contribution in [0.4, 0.5) is 0 Å². The molecule has 1 heterocycles. The molecular formula is C11H15N3O3. The summed E-state index contributed by atoms with van der Waals surface area (Å²) in [6.45, 7) is 1.78. The summed E-state index contributed by atoms with van der Waals surface area (Å²) in [5.41, 5.74) is -0.433. The molecule has 6 heteroatoms. The molecule has 0 unspecified atom stereocenters. The first-order valence-corrected chi connectivity index (χ1v) is 5.67. The lowest BCUT2D eigenvalue weighted by molar-refractivity contribution is -0.124. The summed E-state index contributed by atoms with van der Waals surface area (Å²) in [7, 11) is 0. The molecule has 1 aromatic heterocycles. The van der Waals surface area contributed by atoms with Crippen molar-refractivity contribution in [1.82, 2.24) is 15.3 Å². The molecule has 3 N–H and O–H groups in total. The number of rotatable bonds is 4. The highest BCUT2D eigenvalue weighted by Crippen LogP contribution is 2.39. The molecule has 1 aliphatic rings. The maximum atomic E-state index is 11.5. The zero-order chi connectivity index (χ0) is 12.5. The molecule has 0 atom stereocenters. The summed E-state index contributed by atoms with van der Waals surface area (Å²) in [5.74, 6) is -0.541. The van der Waals surface area contributed by atoms with Crippen LogP contribution in [0, 0.1) is 0 Å². The normalized spacial score (nSPS) is 17.2. The van der Waals surface area contributed by atoms with Gasteiger partial charge in [0.05, 0.1) is 11.7 Å². The van der Waals surface area contributed by atoms with Gasteiger partial charge in [-0.3, -0.25) is 4.79 Å². The second kappa shape index (κ2) is 4.20. The number of carbonyl (C=O) groups is 2. The lowest BCUT2D eigenvalue weighted by Gasteiger charge is -2.40. The third-order valence-electron chi connectivity index (χ3n) is 3.17. The van der Waals surface area contributed by atoms with Gasteiger partial charge in [0.15, 0.2) is 0 Å². The van der Waals surface area contributed by atoms with E-state index >= 15 is 0 Å². The zero-order valence-corrected chi connectivity index (χ0v) is 9.62. The summed E-state index contributed by atoms with van der Waals surface area (Å²) in [4.78, 5) is 29.1. The first kappa shape index (κ1) is 11.6. The fourth-order valence-electron chi connectivity index (χ4n) is 1.98. The van der Waals surface area contributed by atoms with Crippen LogP contribution in [0.3, 0.4) is 0 Å². The number of amides is 1. The summed E-state index contributed by atoms with van der Waals surface area (Å²) in [6.07, 6.45) is 4.30. The molecule has 1 saturated carbocycles. The number of aromatic amines is 1. The minimum atomic E-state index is -1.04. The van der Waals surface area contributed by atoms with Crippen LogP contribution < -0.4 is 5.32 Å². The fourth-order valence-corrected chi connectivity index (χ4v) is 1.98.